The van der Waals surface area contributed by atoms with Crippen molar-refractivity contribution in [3.05, 3.63) is 35.4 Å². The summed E-state index contributed by atoms with van der Waals surface area (Å²) < 4.78 is 36.8. The van der Waals surface area contributed by atoms with E-state index in [4.69, 9.17) is 0 Å². The Morgan fingerprint density at radius 1 is 1.17 bits per heavy atom. The smallest absolute Gasteiger partial charge is 0.357 e. The van der Waals surface area contributed by atoms with Gasteiger partial charge >= 0.3 is 6.18 Å². The molecule has 1 atom stereocenters. The molecule has 2 N–H and O–H groups in total. The van der Waals surface area contributed by atoms with E-state index in [1.165, 1.54) is 5.56 Å². The zero-order valence-corrected chi connectivity index (χ0v) is 14.7. The number of aryl methyl sites for hydroxylation is 1. The van der Waals surface area contributed by atoms with Crippen molar-refractivity contribution in [3.63, 3.8) is 0 Å². The third kappa shape index (κ3) is 7.68. The molecule has 1 unspecified atom stereocenters. The van der Waals surface area contributed by atoms with Crippen LogP contribution in [0.2, 0.25) is 0 Å². The monoisotopic (exact) mass is 344 g/mol. The lowest BCUT2D eigenvalue weighted by Gasteiger charge is -2.24. The van der Waals surface area contributed by atoms with Gasteiger partial charge in [-0.3, -0.25) is 4.99 Å². The van der Waals surface area contributed by atoms with Crippen LogP contribution in [0.4, 0.5) is 13.2 Å². The minimum atomic E-state index is -4.17. The van der Waals surface area contributed by atoms with Crippen molar-refractivity contribution in [2.45, 2.75) is 32.5 Å². The van der Waals surface area contributed by atoms with Gasteiger partial charge in [-0.15, -0.1) is 0 Å². The summed E-state index contributed by atoms with van der Waals surface area (Å²) in [6.45, 7) is 4.77. The first-order valence-electron chi connectivity index (χ1n) is 8.05. The normalized spacial score (nSPS) is 13.9. The van der Waals surface area contributed by atoms with Gasteiger partial charge in [0.05, 0.1) is 19.0 Å². The van der Waals surface area contributed by atoms with Crippen molar-refractivity contribution in [1.82, 2.24) is 15.5 Å². The van der Waals surface area contributed by atoms with E-state index in [1.54, 1.807) is 0 Å². The maximum Gasteiger partial charge on any atom is 0.390 e. The quantitative estimate of drug-likeness (QED) is 0.590. The van der Waals surface area contributed by atoms with E-state index in [2.05, 4.69) is 27.8 Å². The maximum atomic E-state index is 12.3. The van der Waals surface area contributed by atoms with Crippen molar-refractivity contribution in [2.24, 2.45) is 4.99 Å². The molecule has 0 aromatic heterocycles. The lowest BCUT2D eigenvalue weighted by atomic mass is 10.0. The molecule has 7 heteroatoms. The topological polar surface area (TPSA) is 39.7 Å². The molecule has 0 saturated carbocycles. The molecule has 0 spiro atoms. The van der Waals surface area contributed by atoms with E-state index in [1.807, 2.05) is 45.0 Å². The fourth-order valence-corrected chi connectivity index (χ4v) is 2.20. The highest BCUT2D eigenvalue weighted by Gasteiger charge is 2.26. The minimum absolute atomic E-state index is 0.0590. The van der Waals surface area contributed by atoms with E-state index in [9.17, 15) is 13.2 Å². The number of nitrogens with zero attached hydrogens (tertiary/aromatic N) is 2. The third-order valence-corrected chi connectivity index (χ3v) is 3.55. The van der Waals surface area contributed by atoms with Crippen molar-refractivity contribution >= 4 is 5.96 Å². The van der Waals surface area contributed by atoms with Crippen LogP contribution in [0.1, 0.15) is 30.5 Å². The molecule has 24 heavy (non-hydrogen) atoms. The molecule has 0 amide bonds. The molecule has 0 aliphatic carbocycles. The second-order valence-electron chi connectivity index (χ2n) is 5.90. The molecule has 0 saturated heterocycles. The van der Waals surface area contributed by atoms with E-state index in [0.717, 1.165) is 5.56 Å². The molecule has 1 aromatic rings. The van der Waals surface area contributed by atoms with Crippen molar-refractivity contribution in [1.29, 1.82) is 0 Å². The van der Waals surface area contributed by atoms with Gasteiger partial charge in [-0.1, -0.05) is 29.8 Å². The largest absolute Gasteiger partial charge is 0.390 e. The van der Waals surface area contributed by atoms with Gasteiger partial charge in [-0.2, -0.15) is 13.2 Å². The van der Waals surface area contributed by atoms with Gasteiger partial charge in [0, 0.05) is 13.1 Å². The van der Waals surface area contributed by atoms with Crippen LogP contribution in [0, 0.1) is 6.92 Å². The number of hydrogen-bond acceptors (Lipinski definition) is 2. The van der Waals surface area contributed by atoms with Gasteiger partial charge in [-0.05, 0) is 33.5 Å². The minimum Gasteiger partial charge on any atom is -0.357 e. The number of rotatable bonds is 7. The summed E-state index contributed by atoms with van der Waals surface area (Å²) in [5, 5.41) is 5.71. The van der Waals surface area contributed by atoms with Crippen LogP contribution in [-0.4, -0.2) is 50.8 Å². The van der Waals surface area contributed by atoms with Crippen molar-refractivity contribution < 1.29 is 13.2 Å². The number of likely N-dealkylation sites (N-methyl/N-ethyl adjacent to an activating group) is 1. The molecule has 0 aliphatic heterocycles. The third-order valence-electron chi connectivity index (χ3n) is 3.55. The van der Waals surface area contributed by atoms with Gasteiger partial charge in [-0.25, -0.2) is 0 Å². The number of aliphatic imine (C=N–C) groups is 1. The molecule has 0 radical (unpaired) electrons. The molecule has 4 nitrogen and oxygen atoms in total. The Morgan fingerprint density at radius 3 is 2.29 bits per heavy atom. The summed E-state index contributed by atoms with van der Waals surface area (Å²) in [5.41, 5.74) is 2.31. The van der Waals surface area contributed by atoms with Crippen LogP contribution in [-0.2, 0) is 0 Å². The predicted octanol–water partition coefficient (Wildman–Crippen LogP) is 3.11. The van der Waals surface area contributed by atoms with Gasteiger partial charge in [0.1, 0.15) is 0 Å². The Kier molecular flexibility index (Phi) is 8.04. The molecule has 1 rings (SSSR count). The number of hydrogen-bond donors (Lipinski definition) is 2. The zero-order valence-electron chi connectivity index (χ0n) is 14.7. The first-order valence-corrected chi connectivity index (χ1v) is 8.05. The number of alkyl halides is 3. The van der Waals surface area contributed by atoms with Gasteiger partial charge in [0.2, 0.25) is 0 Å². The first kappa shape index (κ1) is 20.3. The predicted molar refractivity (Wildman–Crippen MR) is 92.3 cm³/mol. The lowest BCUT2D eigenvalue weighted by molar-refractivity contribution is -0.132. The zero-order chi connectivity index (χ0) is 18.2. The number of halogens is 3. The number of nitrogens with one attached hydrogen (secondary N) is 2. The fourth-order valence-electron chi connectivity index (χ4n) is 2.20. The van der Waals surface area contributed by atoms with Crippen LogP contribution < -0.4 is 10.6 Å². The van der Waals surface area contributed by atoms with E-state index in [0.29, 0.717) is 19.0 Å². The lowest BCUT2D eigenvalue weighted by Crippen LogP contribution is -2.39. The summed E-state index contributed by atoms with van der Waals surface area (Å²) >= 11 is 0. The van der Waals surface area contributed by atoms with Gasteiger partial charge in [0.25, 0.3) is 0 Å². The van der Waals surface area contributed by atoms with Gasteiger partial charge < -0.3 is 15.5 Å². The van der Waals surface area contributed by atoms with E-state index in [-0.39, 0.29) is 12.6 Å². The highest BCUT2D eigenvalue weighted by molar-refractivity contribution is 5.79. The summed E-state index contributed by atoms with van der Waals surface area (Å²) in [4.78, 5) is 6.49. The number of benzene rings is 1. The Balaban J connectivity index is 2.74. The molecule has 0 aliphatic rings. The molecular weight excluding hydrogens is 317 g/mol. The van der Waals surface area contributed by atoms with Crippen molar-refractivity contribution in [3.8, 4) is 0 Å². The SMILES string of the molecule is CCNC(=NCC(c1ccc(C)cc1)N(C)C)NCCC(F)(F)F. The standard InChI is InChI=1S/C17H27F3N4/c1-5-21-16(22-11-10-17(18,19)20)23-12-15(24(3)4)14-8-6-13(2)7-9-14/h6-9,15H,5,10-12H2,1-4H3,(H2,21,22,23). The van der Waals surface area contributed by atoms with E-state index >= 15 is 0 Å². The average Bonchev–Trinajstić information content (AvgIpc) is 2.47. The van der Waals surface area contributed by atoms with Crippen LogP contribution in [0.5, 0.6) is 0 Å². The molecule has 1 aromatic carbocycles. The Morgan fingerprint density at radius 2 is 1.79 bits per heavy atom. The Hall–Kier alpha value is -1.76. The maximum absolute atomic E-state index is 12.3. The van der Waals surface area contributed by atoms with Gasteiger partial charge in [0.15, 0.2) is 5.96 Å². The Bertz CT molecular complexity index is 510. The van der Waals surface area contributed by atoms with Crippen LogP contribution in [0.15, 0.2) is 29.3 Å². The molecule has 0 fully saturated rings. The second-order valence-corrected chi connectivity index (χ2v) is 5.90. The first-order chi connectivity index (χ1) is 11.2. The number of guanidine groups is 1. The second kappa shape index (κ2) is 9.52. The highest BCUT2D eigenvalue weighted by Crippen LogP contribution is 2.19. The van der Waals surface area contributed by atoms with E-state index < -0.39 is 12.6 Å². The van der Waals surface area contributed by atoms with Crippen LogP contribution in [0.25, 0.3) is 0 Å². The summed E-state index contributed by atoms with van der Waals surface area (Å²) in [6.07, 6.45) is -5.05. The van der Waals surface area contributed by atoms with Crippen LogP contribution in [0.3, 0.4) is 0 Å². The summed E-state index contributed by atoms with van der Waals surface area (Å²) in [7, 11) is 3.92. The molecule has 0 bridgehead atoms. The van der Waals surface area contributed by atoms with Crippen molar-refractivity contribution in [2.75, 3.05) is 33.7 Å². The fraction of sp³-hybridized carbons (Fsp3) is 0.588. The highest BCUT2D eigenvalue weighted by atomic mass is 19.4. The Labute approximate surface area is 142 Å². The molecule has 136 valence electrons. The van der Waals surface area contributed by atoms with Crippen LogP contribution >= 0.6 is 0 Å². The summed E-state index contributed by atoms with van der Waals surface area (Å²) in [6, 6.07) is 8.26. The summed E-state index contributed by atoms with van der Waals surface area (Å²) in [5.74, 6) is 0.403. The molecular formula is C17H27F3N4. The average molecular weight is 344 g/mol. The molecule has 0 heterocycles.